The average molecular weight is 305 g/mol. The topological polar surface area (TPSA) is 37.3 Å². The molecule has 0 aliphatic heterocycles. The molecule has 0 bridgehead atoms. The molecule has 0 saturated carbocycles. The van der Waals surface area contributed by atoms with E-state index >= 15 is 0 Å². The van der Waals surface area contributed by atoms with E-state index in [4.69, 9.17) is 5.11 Å². The molecule has 1 heterocycles. The Balaban J connectivity index is 2.53. The molecule has 1 rings (SSSR count). The molecule has 1 aromatic rings. The van der Waals surface area contributed by atoms with Crippen LogP contribution in [0.1, 0.15) is 37.1 Å². The number of hydrogen-bond acceptors (Lipinski definition) is 2. The van der Waals surface area contributed by atoms with Gasteiger partial charge in [-0.15, -0.1) is 11.3 Å². The van der Waals surface area contributed by atoms with Crippen LogP contribution >= 0.6 is 27.3 Å². The number of hydrogen-bond donors (Lipinski definition) is 1. The van der Waals surface area contributed by atoms with Gasteiger partial charge in [0.2, 0.25) is 0 Å². The van der Waals surface area contributed by atoms with Crippen molar-refractivity contribution in [3.8, 4) is 0 Å². The Hall–Kier alpha value is -0.350. The van der Waals surface area contributed by atoms with Crippen LogP contribution in [0.4, 0.5) is 0 Å². The van der Waals surface area contributed by atoms with Crippen LogP contribution in [0.2, 0.25) is 0 Å². The lowest BCUT2D eigenvalue weighted by atomic mass is 9.84. The molecule has 1 aromatic heterocycles. The van der Waals surface area contributed by atoms with E-state index in [2.05, 4.69) is 28.9 Å². The van der Waals surface area contributed by atoms with Crippen LogP contribution in [0, 0.1) is 12.3 Å². The van der Waals surface area contributed by atoms with Gasteiger partial charge in [0.25, 0.3) is 0 Å². The normalized spacial score (nSPS) is 11.8. The van der Waals surface area contributed by atoms with Crippen LogP contribution in [-0.4, -0.2) is 11.1 Å². The van der Waals surface area contributed by atoms with Crippen molar-refractivity contribution in [2.24, 2.45) is 5.41 Å². The first kappa shape index (κ1) is 13.7. The second-order valence-electron chi connectivity index (χ2n) is 4.90. The summed E-state index contributed by atoms with van der Waals surface area (Å²) in [6.45, 7) is 6.10. The maximum Gasteiger partial charge on any atom is 0.303 e. The minimum Gasteiger partial charge on any atom is -0.481 e. The van der Waals surface area contributed by atoms with Crippen LogP contribution in [0.5, 0.6) is 0 Å². The Morgan fingerprint density at radius 2 is 2.19 bits per heavy atom. The smallest absolute Gasteiger partial charge is 0.303 e. The van der Waals surface area contributed by atoms with Crippen LogP contribution in [0.3, 0.4) is 0 Å². The van der Waals surface area contributed by atoms with Crippen molar-refractivity contribution in [3.63, 3.8) is 0 Å². The molecule has 0 aliphatic rings. The van der Waals surface area contributed by atoms with E-state index in [-0.39, 0.29) is 11.8 Å². The van der Waals surface area contributed by atoms with Gasteiger partial charge in [-0.05, 0) is 52.7 Å². The first-order valence-electron chi connectivity index (χ1n) is 5.27. The Bertz CT molecular complexity index is 363. The number of rotatable bonds is 5. The van der Waals surface area contributed by atoms with Crippen molar-refractivity contribution in [1.29, 1.82) is 0 Å². The second kappa shape index (κ2) is 5.32. The molecule has 0 aliphatic carbocycles. The first-order valence-corrected chi connectivity index (χ1v) is 6.88. The largest absolute Gasteiger partial charge is 0.481 e. The van der Waals surface area contributed by atoms with Crippen LogP contribution in [-0.2, 0) is 11.2 Å². The monoisotopic (exact) mass is 304 g/mol. The average Bonchev–Trinajstić information content (AvgIpc) is 2.41. The number of aryl methyl sites for hydroxylation is 2. The highest BCUT2D eigenvalue weighted by Gasteiger charge is 2.21. The summed E-state index contributed by atoms with van der Waals surface area (Å²) in [5.41, 5.74) is 1.13. The van der Waals surface area contributed by atoms with Gasteiger partial charge in [0.05, 0.1) is 10.2 Å². The van der Waals surface area contributed by atoms with E-state index in [1.54, 1.807) is 11.3 Å². The molecule has 0 aromatic carbocycles. The van der Waals surface area contributed by atoms with E-state index in [0.717, 1.165) is 12.8 Å². The van der Waals surface area contributed by atoms with Gasteiger partial charge in [-0.2, -0.15) is 0 Å². The van der Waals surface area contributed by atoms with Gasteiger partial charge in [-0.1, -0.05) is 13.8 Å². The van der Waals surface area contributed by atoms with Gasteiger partial charge in [-0.25, -0.2) is 0 Å². The van der Waals surface area contributed by atoms with Gasteiger partial charge in [0.15, 0.2) is 0 Å². The van der Waals surface area contributed by atoms with E-state index in [0.29, 0.717) is 0 Å². The molecule has 0 saturated heterocycles. The molecule has 4 heteroatoms. The molecule has 0 radical (unpaired) electrons. The number of aliphatic carboxylic acids is 1. The zero-order valence-electron chi connectivity index (χ0n) is 9.84. The summed E-state index contributed by atoms with van der Waals surface area (Å²) < 4.78 is 1.18. The van der Waals surface area contributed by atoms with Crippen molar-refractivity contribution < 1.29 is 9.90 Å². The first-order chi connectivity index (χ1) is 7.30. The number of carboxylic acid groups (broad SMARTS) is 1. The number of carboxylic acids is 1. The predicted octanol–water partition coefficient (Wildman–Crippen LogP) is 4.25. The van der Waals surface area contributed by atoms with Crippen molar-refractivity contribution in [3.05, 3.63) is 20.3 Å². The Kier molecular flexibility index (Phi) is 4.56. The summed E-state index contributed by atoms with van der Waals surface area (Å²) in [4.78, 5) is 12.0. The van der Waals surface area contributed by atoms with Gasteiger partial charge in [0.1, 0.15) is 0 Å². The molecular weight excluding hydrogens is 288 g/mol. The molecule has 0 amide bonds. The molecule has 0 unspecified atom stereocenters. The highest BCUT2D eigenvalue weighted by Crippen LogP contribution is 2.32. The van der Waals surface area contributed by atoms with Gasteiger partial charge < -0.3 is 5.11 Å². The van der Waals surface area contributed by atoms with Crippen LogP contribution in [0.15, 0.2) is 9.85 Å². The van der Waals surface area contributed by atoms with Gasteiger partial charge in [0, 0.05) is 4.88 Å². The lowest BCUT2D eigenvalue weighted by molar-refractivity contribution is -0.139. The second-order valence-corrected chi connectivity index (χ2v) is 7.36. The number of carbonyl (C=O) groups is 1. The van der Waals surface area contributed by atoms with Crippen LogP contribution < -0.4 is 0 Å². The minimum absolute atomic E-state index is 0.129. The molecule has 0 atom stereocenters. The molecular formula is C12H17BrO2S. The molecule has 90 valence electrons. The third-order valence-corrected chi connectivity index (χ3v) is 4.78. The SMILES string of the molecule is Cc1cc(CCC(C)(C)CC(=O)O)sc1Br. The lowest BCUT2D eigenvalue weighted by Gasteiger charge is -2.21. The van der Waals surface area contributed by atoms with Gasteiger partial charge in [-0.3, -0.25) is 4.79 Å². The molecule has 16 heavy (non-hydrogen) atoms. The van der Waals surface area contributed by atoms with Crippen molar-refractivity contribution >= 4 is 33.2 Å². The Morgan fingerprint density at radius 1 is 1.56 bits per heavy atom. The summed E-state index contributed by atoms with van der Waals surface area (Å²) in [6.07, 6.45) is 2.10. The highest BCUT2D eigenvalue weighted by atomic mass is 79.9. The zero-order chi connectivity index (χ0) is 12.3. The van der Waals surface area contributed by atoms with E-state index in [9.17, 15) is 4.79 Å². The van der Waals surface area contributed by atoms with Gasteiger partial charge >= 0.3 is 5.97 Å². The Labute approximate surface area is 109 Å². The fraction of sp³-hybridized carbons (Fsp3) is 0.583. The van der Waals surface area contributed by atoms with E-state index in [1.807, 2.05) is 13.8 Å². The third kappa shape index (κ3) is 4.26. The minimum atomic E-state index is -0.714. The zero-order valence-corrected chi connectivity index (χ0v) is 12.2. The van der Waals surface area contributed by atoms with Crippen molar-refractivity contribution in [2.45, 2.75) is 40.0 Å². The highest BCUT2D eigenvalue weighted by molar-refractivity contribution is 9.11. The number of halogens is 1. The maximum absolute atomic E-state index is 10.7. The van der Waals surface area contributed by atoms with E-state index < -0.39 is 5.97 Å². The van der Waals surface area contributed by atoms with Crippen LogP contribution in [0.25, 0.3) is 0 Å². The van der Waals surface area contributed by atoms with E-state index in [1.165, 1.54) is 14.2 Å². The standard InChI is InChI=1S/C12H17BrO2S/c1-8-6-9(16-11(8)13)4-5-12(2,3)7-10(14)15/h6H,4-5,7H2,1-3H3,(H,14,15). The molecule has 1 N–H and O–H groups in total. The molecule has 2 nitrogen and oxygen atoms in total. The quantitative estimate of drug-likeness (QED) is 0.883. The number of thiophene rings is 1. The van der Waals surface area contributed by atoms with Crippen molar-refractivity contribution in [1.82, 2.24) is 0 Å². The third-order valence-electron chi connectivity index (χ3n) is 2.59. The maximum atomic E-state index is 10.7. The summed E-state index contributed by atoms with van der Waals surface area (Å²) in [6, 6.07) is 2.17. The summed E-state index contributed by atoms with van der Waals surface area (Å²) in [5.74, 6) is -0.714. The Morgan fingerprint density at radius 3 is 2.62 bits per heavy atom. The predicted molar refractivity (Wildman–Crippen MR) is 71.1 cm³/mol. The fourth-order valence-corrected chi connectivity index (χ4v) is 3.23. The lowest BCUT2D eigenvalue weighted by Crippen LogP contribution is -2.17. The summed E-state index contributed by atoms with van der Waals surface area (Å²) in [7, 11) is 0. The summed E-state index contributed by atoms with van der Waals surface area (Å²) >= 11 is 5.24. The molecule has 0 fully saturated rings. The molecule has 0 spiro atoms. The van der Waals surface area contributed by atoms with Crippen molar-refractivity contribution in [2.75, 3.05) is 0 Å². The summed E-state index contributed by atoms with van der Waals surface area (Å²) in [5, 5.41) is 8.79. The fourth-order valence-electron chi connectivity index (χ4n) is 1.61.